The number of allylic oxidation sites excluding steroid dienone is 2. The Balaban J connectivity index is 1.97. The highest BCUT2D eigenvalue weighted by Crippen LogP contribution is 2.40. The highest BCUT2D eigenvalue weighted by atomic mass is 16.5. The average Bonchev–Trinajstić information content (AvgIpc) is 2.57. The van der Waals surface area contributed by atoms with Crippen molar-refractivity contribution in [2.45, 2.75) is 25.0 Å². The van der Waals surface area contributed by atoms with E-state index in [1.165, 1.54) is 5.57 Å². The Hall–Kier alpha value is -0.640. The van der Waals surface area contributed by atoms with Gasteiger partial charge in [-0.25, -0.2) is 0 Å². The van der Waals surface area contributed by atoms with Gasteiger partial charge in [-0.15, -0.1) is 0 Å². The summed E-state index contributed by atoms with van der Waals surface area (Å²) >= 11 is 0. The predicted molar refractivity (Wildman–Crippen MR) is 69.0 cm³/mol. The molecule has 0 aromatic carbocycles. The third kappa shape index (κ3) is 1.77. The van der Waals surface area contributed by atoms with Crippen LogP contribution in [0, 0.1) is 5.92 Å². The van der Waals surface area contributed by atoms with Gasteiger partial charge in [0.05, 0.1) is 5.60 Å². The fourth-order valence-electron chi connectivity index (χ4n) is 3.51. The minimum atomic E-state index is 0.00150. The fourth-order valence-corrected chi connectivity index (χ4v) is 3.51. The zero-order valence-electron chi connectivity index (χ0n) is 10.8. The van der Waals surface area contributed by atoms with E-state index in [9.17, 15) is 0 Å². The number of piperidine rings is 1. The van der Waals surface area contributed by atoms with Gasteiger partial charge < -0.3 is 10.1 Å². The summed E-state index contributed by atoms with van der Waals surface area (Å²) in [5.74, 6) is 0.501. The molecule has 2 aliphatic heterocycles. The molecule has 3 unspecified atom stereocenters. The Labute approximate surface area is 104 Å². The molecule has 3 atom stereocenters. The van der Waals surface area contributed by atoms with Crippen molar-refractivity contribution in [2.24, 2.45) is 5.92 Å². The summed E-state index contributed by atoms with van der Waals surface area (Å²) in [5.41, 5.74) is 1.53. The summed E-state index contributed by atoms with van der Waals surface area (Å²) in [4.78, 5) is 2.63. The normalized spacial score (nSPS) is 41.6. The zero-order chi connectivity index (χ0) is 11.9. The van der Waals surface area contributed by atoms with E-state index in [0.29, 0.717) is 12.0 Å². The van der Waals surface area contributed by atoms with Gasteiger partial charge in [0, 0.05) is 45.2 Å². The molecule has 0 radical (unpaired) electrons. The van der Waals surface area contributed by atoms with Crippen LogP contribution in [0.15, 0.2) is 23.8 Å². The van der Waals surface area contributed by atoms with E-state index in [2.05, 4.69) is 35.4 Å². The van der Waals surface area contributed by atoms with Crippen LogP contribution in [0.2, 0.25) is 0 Å². The van der Waals surface area contributed by atoms with Gasteiger partial charge in [-0.1, -0.05) is 18.2 Å². The van der Waals surface area contributed by atoms with E-state index in [1.54, 1.807) is 0 Å². The summed E-state index contributed by atoms with van der Waals surface area (Å²) in [6.07, 6.45) is 7.97. The van der Waals surface area contributed by atoms with Crippen molar-refractivity contribution >= 4 is 0 Å². The maximum absolute atomic E-state index is 5.83. The van der Waals surface area contributed by atoms with Crippen LogP contribution < -0.4 is 5.32 Å². The largest absolute Gasteiger partial charge is 0.378 e. The summed E-state index contributed by atoms with van der Waals surface area (Å²) in [5, 5.41) is 3.52. The standard InChI is InChI=1S/C14H22N2O/c1-14(17-2)6-8-16-9-7-15-10-11-4-3-5-12(14)13(11)16/h3-5,12-13,15H,6-10H2,1-2H3. The topological polar surface area (TPSA) is 24.5 Å². The second-order valence-electron chi connectivity index (χ2n) is 5.58. The van der Waals surface area contributed by atoms with Crippen molar-refractivity contribution in [3.63, 3.8) is 0 Å². The molecule has 0 aromatic rings. The highest BCUT2D eigenvalue weighted by molar-refractivity contribution is 5.31. The number of nitrogens with one attached hydrogen (secondary N) is 1. The quantitative estimate of drug-likeness (QED) is 0.737. The first-order valence-corrected chi connectivity index (χ1v) is 6.62. The van der Waals surface area contributed by atoms with Gasteiger partial charge >= 0.3 is 0 Å². The van der Waals surface area contributed by atoms with Crippen LogP contribution in [-0.4, -0.2) is 49.8 Å². The Kier molecular flexibility index (Phi) is 2.85. The van der Waals surface area contributed by atoms with Crippen LogP contribution in [0.1, 0.15) is 13.3 Å². The third-order valence-electron chi connectivity index (χ3n) is 4.71. The SMILES string of the molecule is COC1(C)CCN2CCNCC3=CC=CC1C32. The predicted octanol–water partition coefficient (Wildman–Crippen LogP) is 1.18. The summed E-state index contributed by atoms with van der Waals surface area (Å²) in [6, 6.07) is 0.550. The van der Waals surface area contributed by atoms with Crippen LogP contribution >= 0.6 is 0 Å². The minimum Gasteiger partial charge on any atom is -0.378 e. The van der Waals surface area contributed by atoms with E-state index >= 15 is 0 Å². The molecule has 2 fully saturated rings. The Morgan fingerprint density at radius 1 is 1.47 bits per heavy atom. The van der Waals surface area contributed by atoms with E-state index in [1.807, 2.05) is 7.11 Å². The maximum atomic E-state index is 5.83. The highest BCUT2D eigenvalue weighted by Gasteiger charge is 2.46. The number of hydrogen-bond acceptors (Lipinski definition) is 3. The molecular formula is C14H22N2O. The molecule has 3 rings (SSSR count). The summed E-state index contributed by atoms with van der Waals surface area (Å²) < 4.78 is 5.83. The Morgan fingerprint density at radius 3 is 3.18 bits per heavy atom. The molecule has 17 heavy (non-hydrogen) atoms. The van der Waals surface area contributed by atoms with Gasteiger partial charge in [-0.3, -0.25) is 4.90 Å². The lowest BCUT2D eigenvalue weighted by Gasteiger charge is -2.50. The van der Waals surface area contributed by atoms with Crippen LogP contribution in [-0.2, 0) is 4.74 Å². The van der Waals surface area contributed by atoms with E-state index in [0.717, 1.165) is 32.6 Å². The second kappa shape index (κ2) is 4.23. The number of rotatable bonds is 1. The first-order valence-electron chi connectivity index (χ1n) is 6.62. The van der Waals surface area contributed by atoms with Gasteiger partial charge in [-0.05, 0) is 18.9 Å². The molecule has 2 saturated heterocycles. The second-order valence-corrected chi connectivity index (χ2v) is 5.58. The monoisotopic (exact) mass is 234 g/mol. The lowest BCUT2D eigenvalue weighted by atomic mass is 9.72. The first kappa shape index (κ1) is 11.5. The van der Waals surface area contributed by atoms with E-state index in [-0.39, 0.29) is 5.60 Å². The molecule has 0 spiro atoms. The summed E-state index contributed by atoms with van der Waals surface area (Å²) in [7, 11) is 1.86. The fraction of sp³-hybridized carbons (Fsp3) is 0.714. The van der Waals surface area contributed by atoms with Crippen LogP contribution in [0.5, 0.6) is 0 Å². The zero-order valence-corrected chi connectivity index (χ0v) is 10.8. The molecule has 3 aliphatic rings. The smallest absolute Gasteiger partial charge is 0.0743 e. The Morgan fingerprint density at radius 2 is 2.35 bits per heavy atom. The van der Waals surface area contributed by atoms with Crippen LogP contribution in [0.3, 0.4) is 0 Å². The van der Waals surface area contributed by atoms with Crippen molar-refractivity contribution in [3.05, 3.63) is 23.8 Å². The lowest BCUT2D eigenvalue weighted by molar-refractivity contribution is -0.0879. The van der Waals surface area contributed by atoms with Crippen LogP contribution in [0.4, 0.5) is 0 Å². The van der Waals surface area contributed by atoms with E-state index in [4.69, 9.17) is 4.74 Å². The Bertz CT molecular complexity index is 363. The van der Waals surface area contributed by atoms with Crippen molar-refractivity contribution in [1.29, 1.82) is 0 Å². The molecule has 0 saturated carbocycles. The molecule has 3 heteroatoms. The number of ether oxygens (including phenoxy) is 1. The first-order chi connectivity index (χ1) is 8.24. The van der Waals surface area contributed by atoms with Crippen molar-refractivity contribution < 1.29 is 4.74 Å². The molecule has 1 aliphatic carbocycles. The molecule has 94 valence electrons. The van der Waals surface area contributed by atoms with Gasteiger partial charge in [0.1, 0.15) is 0 Å². The van der Waals surface area contributed by atoms with Gasteiger partial charge in [0.2, 0.25) is 0 Å². The average molecular weight is 234 g/mol. The number of hydrogen-bond donors (Lipinski definition) is 1. The van der Waals surface area contributed by atoms with Crippen molar-refractivity contribution in [2.75, 3.05) is 33.3 Å². The molecule has 2 heterocycles. The van der Waals surface area contributed by atoms with Gasteiger partial charge in [-0.2, -0.15) is 0 Å². The number of methoxy groups -OCH3 is 1. The molecule has 1 N–H and O–H groups in total. The minimum absolute atomic E-state index is 0.00150. The molecule has 0 aromatic heterocycles. The third-order valence-corrected chi connectivity index (χ3v) is 4.71. The lowest BCUT2D eigenvalue weighted by Crippen LogP contribution is -2.58. The van der Waals surface area contributed by atoms with Crippen molar-refractivity contribution in [3.8, 4) is 0 Å². The maximum Gasteiger partial charge on any atom is 0.0743 e. The van der Waals surface area contributed by atoms with Crippen LogP contribution in [0.25, 0.3) is 0 Å². The number of nitrogens with zero attached hydrogens (tertiary/aromatic N) is 1. The van der Waals surface area contributed by atoms with Crippen molar-refractivity contribution in [1.82, 2.24) is 10.2 Å². The van der Waals surface area contributed by atoms with Gasteiger partial charge in [0.25, 0.3) is 0 Å². The molecule has 0 bridgehead atoms. The molecule has 3 nitrogen and oxygen atoms in total. The molecular weight excluding hydrogens is 212 g/mol. The molecule has 0 amide bonds. The summed E-state index contributed by atoms with van der Waals surface area (Å²) in [6.45, 7) is 6.71. The van der Waals surface area contributed by atoms with E-state index < -0.39 is 0 Å². The van der Waals surface area contributed by atoms with Gasteiger partial charge in [0.15, 0.2) is 0 Å².